The van der Waals surface area contributed by atoms with Gasteiger partial charge in [0.2, 0.25) is 0 Å². The third kappa shape index (κ3) is 3.16. The molecule has 2 unspecified atom stereocenters. The molecule has 0 spiro atoms. The minimum atomic E-state index is -0.0400. The van der Waals surface area contributed by atoms with Crippen LogP contribution >= 0.6 is 23.1 Å². The lowest BCUT2D eigenvalue weighted by atomic mass is 10.2. The van der Waals surface area contributed by atoms with Crippen molar-refractivity contribution in [1.82, 2.24) is 19.8 Å². The number of nitriles is 1. The van der Waals surface area contributed by atoms with Crippen molar-refractivity contribution >= 4 is 29.0 Å². The highest BCUT2D eigenvalue weighted by molar-refractivity contribution is 7.99. The van der Waals surface area contributed by atoms with Crippen molar-refractivity contribution in [2.75, 3.05) is 6.54 Å². The zero-order chi connectivity index (χ0) is 20.0. The van der Waals surface area contributed by atoms with E-state index in [2.05, 4.69) is 28.3 Å². The Morgan fingerprint density at radius 2 is 2.10 bits per heavy atom. The van der Waals surface area contributed by atoms with Gasteiger partial charge in [0, 0.05) is 33.9 Å². The maximum atomic E-state index is 12.9. The first-order chi connectivity index (χ1) is 14.2. The number of aromatic nitrogens is 2. The van der Waals surface area contributed by atoms with Crippen LogP contribution in [0.4, 0.5) is 0 Å². The Kier molecular flexibility index (Phi) is 4.49. The van der Waals surface area contributed by atoms with Crippen LogP contribution < -0.4 is 0 Å². The first-order valence-electron chi connectivity index (χ1n) is 9.29. The molecule has 1 amide bonds. The fourth-order valence-corrected chi connectivity index (χ4v) is 5.80. The van der Waals surface area contributed by atoms with Crippen LogP contribution in [0, 0.1) is 11.5 Å². The van der Waals surface area contributed by atoms with Gasteiger partial charge >= 0.3 is 0 Å². The SMILES string of the molecule is CC1[C@H]2C(CN1C#N)N2C(=O)c1ncc(-c2cnccc2Sc2ccccc2)s1. The number of likely N-dealkylation sites (tertiary alicyclic amines) is 1. The van der Waals surface area contributed by atoms with Crippen LogP contribution in [-0.4, -0.2) is 50.3 Å². The molecular formula is C21H17N5OS2. The molecule has 3 aromatic rings. The van der Waals surface area contributed by atoms with Gasteiger partial charge in [0.25, 0.3) is 5.91 Å². The van der Waals surface area contributed by atoms with Crippen LogP contribution in [-0.2, 0) is 0 Å². The lowest BCUT2D eigenvalue weighted by Crippen LogP contribution is -2.35. The number of thiazole rings is 1. The number of carbonyl (C=O) groups excluding carboxylic acids is 1. The normalized spacial score (nSPS) is 22.3. The zero-order valence-electron chi connectivity index (χ0n) is 15.6. The van der Waals surface area contributed by atoms with Gasteiger partial charge < -0.3 is 9.80 Å². The molecule has 0 aliphatic carbocycles. The molecule has 4 heterocycles. The summed E-state index contributed by atoms with van der Waals surface area (Å²) in [7, 11) is 0. The molecule has 5 rings (SSSR count). The molecule has 0 radical (unpaired) electrons. The second kappa shape index (κ2) is 7.17. The Balaban J connectivity index is 1.37. The van der Waals surface area contributed by atoms with Gasteiger partial charge in [0.15, 0.2) is 11.2 Å². The minimum absolute atomic E-state index is 0.0400. The number of nitrogens with zero attached hydrogens (tertiary/aromatic N) is 5. The number of fused-ring (bicyclic) bond motifs is 1. The van der Waals surface area contributed by atoms with Crippen molar-refractivity contribution in [2.24, 2.45) is 0 Å². The van der Waals surface area contributed by atoms with E-state index in [1.165, 1.54) is 11.3 Å². The summed E-state index contributed by atoms with van der Waals surface area (Å²) in [6.45, 7) is 2.62. The fourth-order valence-electron chi connectivity index (χ4n) is 3.90. The summed E-state index contributed by atoms with van der Waals surface area (Å²) in [5.41, 5.74) is 0.980. The van der Waals surface area contributed by atoms with Crippen LogP contribution in [0.25, 0.3) is 10.4 Å². The van der Waals surface area contributed by atoms with Gasteiger partial charge in [0.1, 0.15) is 0 Å². The second-order valence-electron chi connectivity index (χ2n) is 7.08. The average Bonchev–Trinajstić information content (AvgIpc) is 3.07. The summed E-state index contributed by atoms with van der Waals surface area (Å²) >= 11 is 3.07. The van der Waals surface area contributed by atoms with Crippen LogP contribution in [0.2, 0.25) is 0 Å². The van der Waals surface area contributed by atoms with Gasteiger partial charge in [-0.15, -0.1) is 11.3 Å². The van der Waals surface area contributed by atoms with Crippen molar-refractivity contribution in [2.45, 2.75) is 34.8 Å². The Morgan fingerprint density at radius 1 is 1.28 bits per heavy atom. The van der Waals surface area contributed by atoms with Crippen molar-refractivity contribution in [3.63, 3.8) is 0 Å². The Bertz CT molecular complexity index is 1110. The highest BCUT2D eigenvalue weighted by Crippen LogP contribution is 2.42. The van der Waals surface area contributed by atoms with Crippen molar-refractivity contribution in [3.05, 3.63) is 60.0 Å². The predicted octanol–water partition coefficient (Wildman–Crippen LogP) is 3.73. The first kappa shape index (κ1) is 18.2. The van der Waals surface area contributed by atoms with Crippen LogP contribution in [0.15, 0.2) is 64.8 Å². The summed E-state index contributed by atoms with van der Waals surface area (Å²) in [5, 5.41) is 9.62. The third-order valence-corrected chi connectivity index (χ3v) is 7.52. The van der Waals surface area contributed by atoms with E-state index in [1.807, 2.05) is 42.3 Å². The van der Waals surface area contributed by atoms with E-state index in [9.17, 15) is 4.79 Å². The third-order valence-electron chi connectivity index (χ3n) is 5.42. The topological polar surface area (TPSA) is 72.9 Å². The maximum absolute atomic E-state index is 12.9. The van der Waals surface area contributed by atoms with Gasteiger partial charge in [0.05, 0.1) is 29.5 Å². The molecule has 2 saturated heterocycles. The highest BCUT2D eigenvalue weighted by Gasteiger charge is 2.61. The van der Waals surface area contributed by atoms with Crippen LogP contribution in [0.3, 0.4) is 0 Å². The molecular weight excluding hydrogens is 402 g/mol. The van der Waals surface area contributed by atoms with Crippen molar-refractivity contribution in [1.29, 1.82) is 5.26 Å². The minimum Gasteiger partial charge on any atom is -0.322 e. The van der Waals surface area contributed by atoms with Gasteiger partial charge in [-0.1, -0.05) is 30.0 Å². The molecule has 2 aliphatic heterocycles. The van der Waals surface area contributed by atoms with E-state index in [4.69, 9.17) is 5.26 Å². The van der Waals surface area contributed by atoms with E-state index in [0.29, 0.717) is 11.6 Å². The predicted molar refractivity (Wildman–Crippen MR) is 111 cm³/mol. The Labute approximate surface area is 176 Å². The zero-order valence-corrected chi connectivity index (χ0v) is 17.2. The summed E-state index contributed by atoms with van der Waals surface area (Å²) in [6, 6.07) is 12.5. The number of carbonyl (C=O) groups is 1. The summed E-state index contributed by atoms with van der Waals surface area (Å²) < 4.78 is 0. The number of rotatable bonds is 4. The lowest BCUT2D eigenvalue weighted by molar-refractivity contribution is 0.0832. The average molecular weight is 420 g/mol. The number of benzene rings is 1. The Morgan fingerprint density at radius 3 is 2.83 bits per heavy atom. The highest BCUT2D eigenvalue weighted by atomic mass is 32.2. The van der Waals surface area contributed by atoms with E-state index in [0.717, 1.165) is 20.2 Å². The number of piperazine rings is 1. The number of amides is 1. The maximum Gasteiger partial charge on any atom is 0.283 e. The van der Waals surface area contributed by atoms with Crippen LogP contribution in [0.5, 0.6) is 0 Å². The van der Waals surface area contributed by atoms with E-state index in [-0.39, 0.29) is 24.0 Å². The number of pyridine rings is 1. The molecule has 2 fully saturated rings. The number of hydrogen-bond acceptors (Lipinski definition) is 7. The first-order valence-corrected chi connectivity index (χ1v) is 10.9. The van der Waals surface area contributed by atoms with E-state index in [1.54, 1.807) is 29.1 Å². The fraction of sp³-hybridized carbons (Fsp3) is 0.238. The van der Waals surface area contributed by atoms with Gasteiger partial charge in [-0.3, -0.25) is 9.78 Å². The molecule has 144 valence electrons. The lowest BCUT2D eigenvalue weighted by Gasteiger charge is -2.20. The quantitative estimate of drug-likeness (QED) is 0.474. The molecule has 2 aliphatic rings. The van der Waals surface area contributed by atoms with Gasteiger partial charge in [-0.25, -0.2) is 4.98 Å². The van der Waals surface area contributed by atoms with Crippen molar-refractivity contribution in [3.8, 4) is 16.6 Å². The Hall–Kier alpha value is -2.89. The number of hydrogen-bond donors (Lipinski definition) is 0. The molecule has 2 aromatic heterocycles. The summed E-state index contributed by atoms with van der Waals surface area (Å²) in [4.78, 5) is 28.4. The second-order valence-corrected chi connectivity index (χ2v) is 9.23. The molecule has 1 aromatic carbocycles. The monoisotopic (exact) mass is 419 g/mol. The molecule has 0 N–H and O–H groups in total. The van der Waals surface area contributed by atoms with Crippen molar-refractivity contribution < 1.29 is 4.79 Å². The van der Waals surface area contributed by atoms with Crippen LogP contribution in [0.1, 0.15) is 16.7 Å². The smallest absolute Gasteiger partial charge is 0.283 e. The summed E-state index contributed by atoms with van der Waals surface area (Å²) in [6.07, 6.45) is 7.56. The molecule has 0 saturated carbocycles. The summed E-state index contributed by atoms with van der Waals surface area (Å²) in [5.74, 6) is -0.0400. The van der Waals surface area contributed by atoms with E-state index >= 15 is 0 Å². The molecule has 6 nitrogen and oxygen atoms in total. The largest absolute Gasteiger partial charge is 0.322 e. The van der Waals surface area contributed by atoms with Gasteiger partial charge in [-0.2, -0.15) is 5.26 Å². The van der Waals surface area contributed by atoms with Gasteiger partial charge in [-0.05, 0) is 25.1 Å². The van der Waals surface area contributed by atoms with E-state index < -0.39 is 0 Å². The molecule has 29 heavy (non-hydrogen) atoms. The molecule has 0 bridgehead atoms. The molecule has 3 atom stereocenters. The standard InChI is InChI=1S/C21H17N5OS2/c1-13-19-16(11-25(13)12-22)26(19)21(27)20-24-10-18(29-20)15-9-23-8-7-17(15)28-14-5-3-2-4-6-14/h2-10,13,16,19H,11H2,1H3/t13?,16?,19-,26?/m0/s1. The molecule has 8 heteroatoms.